The van der Waals surface area contributed by atoms with Gasteiger partial charge in [-0.05, 0) is 0 Å². The van der Waals surface area contributed by atoms with Gasteiger partial charge in [0.25, 0.3) is 0 Å². The second-order valence-corrected chi connectivity index (χ2v) is 5.08. The molecule has 1 fully saturated rings. The fraction of sp³-hybridized carbons (Fsp3) is 0.727. The third-order valence-electron chi connectivity index (χ3n) is 3.01. The molecule has 2 amide bonds. The van der Waals surface area contributed by atoms with Crippen LogP contribution in [0.3, 0.4) is 0 Å². The maximum atomic E-state index is 11.9. The van der Waals surface area contributed by atoms with Gasteiger partial charge in [-0.2, -0.15) is 0 Å². The van der Waals surface area contributed by atoms with E-state index in [-0.39, 0.29) is 18.4 Å². The number of piperazine rings is 1. The van der Waals surface area contributed by atoms with Crippen LogP contribution in [0.15, 0.2) is 0 Å². The van der Waals surface area contributed by atoms with Crippen LogP contribution in [0.5, 0.6) is 0 Å². The summed E-state index contributed by atoms with van der Waals surface area (Å²) in [7, 11) is 3.49. The SMILES string of the molecule is CN(CCC(N)=S)C(=O)CN1CCN(C)C(=O)C1. The van der Waals surface area contributed by atoms with E-state index in [4.69, 9.17) is 18.0 Å². The quantitative estimate of drug-likeness (QED) is 0.643. The molecule has 1 heterocycles. The molecule has 0 radical (unpaired) electrons. The Kier molecular flexibility index (Phi) is 5.49. The second-order valence-electron chi connectivity index (χ2n) is 4.56. The maximum absolute atomic E-state index is 11.9. The normalized spacial score (nSPS) is 16.8. The lowest BCUT2D eigenvalue weighted by molar-refractivity contribution is -0.137. The van der Waals surface area contributed by atoms with Gasteiger partial charge in [-0.25, -0.2) is 0 Å². The second kappa shape index (κ2) is 6.65. The fourth-order valence-corrected chi connectivity index (χ4v) is 1.75. The molecule has 0 aromatic rings. The number of carbonyl (C=O) groups excluding carboxylic acids is 2. The topological polar surface area (TPSA) is 69.9 Å². The Morgan fingerprint density at radius 3 is 2.72 bits per heavy atom. The van der Waals surface area contributed by atoms with Crippen molar-refractivity contribution in [2.45, 2.75) is 6.42 Å². The Morgan fingerprint density at radius 1 is 1.50 bits per heavy atom. The summed E-state index contributed by atoms with van der Waals surface area (Å²) < 4.78 is 0. The summed E-state index contributed by atoms with van der Waals surface area (Å²) in [6.45, 7) is 2.51. The predicted molar refractivity (Wildman–Crippen MR) is 73.1 cm³/mol. The molecule has 0 aromatic carbocycles. The van der Waals surface area contributed by atoms with Crippen LogP contribution in [0.25, 0.3) is 0 Å². The van der Waals surface area contributed by atoms with Crippen molar-refractivity contribution in [2.75, 3.05) is 46.8 Å². The van der Waals surface area contributed by atoms with Gasteiger partial charge in [-0.1, -0.05) is 12.2 Å². The molecule has 0 unspecified atom stereocenters. The summed E-state index contributed by atoms with van der Waals surface area (Å²) in [6.07, 6.45) is 0.527. The van der Waals surface area contributed by atoms with Crippen molar-refractivity contribution >= 4 is 29.0 Å². The molecule has 0 spiro atoms. The number of hydrogen-bond acceptors (Lipinski definition) is 4. The average Bonchev–Trinajstić information content (AvgIpc) is 2.30. The van der Waals surface area contributed by atoms with Crippen molar-refractivity contribution < 1.29 is 9.59 Å². The Hall–Kier alpha value is -1.21. The number of thiocarbonyl (C=S) groups is 1. The molecular weight excluding hydrogens is 252 g/mol. The number of carbonyl (C=O) groups is 2. The van der Waals surface area contributed by atoms with E-state index in [1.165, 1.54) is 0 Å². The van der Waals surface area contributed by atoms with Crippen LogP contribution >= 0.6 is 12.2 Å². The maximum Gasteiger partial charge on any atom is 0.236 e. The molecule has 1 aliphatic rings. The largest absolute Gasteiger partial charge is 0.393 e. The molecule has 2 N–H and O–H groups in total. The highest BCUT2D eigenvalue weighted by molar-refractivity contribution is 7.80. The van der Waals surface area contributed by atoms with E-state index in [9.17, 15) is 9.59 Å². The first-order chi connectivity index (χ1) is 8.40. The van der Waals surface area contributed by atoms with Crippen LogP contribution < -0.4 is 5.73 Å². The highest BCUT2D eigenvalue weighted by Crippen LogP contribution is 2.01. The lowest BCUT2D eigenvalue weighted by atomic mass is 10.3. The highest BCUT2D eigenvalue weighted by atomic mass is 32.1. The van der Waals surface area contributed by atoms with Crippen molar-refractivity contribution in [3.05, 3.63) is 0 Å². The van der Waals surface area contributed by atoms with Gasteiger partial charge in [0.1, 0.15) is 0 Å². The fourth-order valence-electron chi connectivity index (χ4n) is 1.66. The first-order valence-corrected chi connectivity index (χ1v) is 6.29. The first kappa shape index (κ1) is 14.8. The standard InChI is InChI=1S/C11H20N4O2S/c1-13(4-3-9(12)18)10(16)7-15-6-5-14(2)11(17)8-15/h3-8H2,1-2H3,(H2,12,18). The van der Waals surface area contributed by atoms with E-state index in [0.29, 0.717) is 31.0 Å². The summed E-state index contributed by atoms with van der Waals surface area (Å²) in [5.41, 5.74) is 5.39. The molecule has 7 heteroatoms. The van der Waals surface area contributed by atoms with Gasteiger partial charge in [0.2, 0.25) is 11.8 Å². The van der Waals surface area contributed by atoms with Crippen LogP contribution in [-0.4, -0.2) is 78.3 Å². The summed E-state index contributed by atoms with van der Waals surface area (Å²) in [4.78, 5) is 28.9. The third kappa shape index (κ3) is 4.58. The van der Waals surface area contributed by atoms with Gasteiger partial charge >= 0.3 is 0 Å². The van der Waals surface area contributed by atoms with Crippen molar-refractivity contribution in [3.8, 4) is 0 Å². The van der Waals surface area contributed by atoms with Gasteiger partial charge in [-0.15, -0.1) is 0 Å². The van der Waals surface area contributed by atoms with Crippen molar-refractivity contribution in [1.29, 1.82) is 0 Å². The molecule has 18 heavy (non-hydrogen) atoms. The Labute approximate surface area is 113 Å². The Balaban J connectivity index is 2.35. The van der Waals surface area contributed by atoms with Gasteiger partial charge in [-0.3, -0.25) is 14.5 Å². The minimum Gasteiger partial charge on any atom is -0.393 e. The molecule has 0 aromatic heterocycles. The molecule has 0 aliphatic carbocycles. The summed E-state index contributed by atoms with van der Waals surface area (Å²) in [6, 6.07) is 0. The minimum atomic E-state index is -0.0106. The van der Waals surface area contributed by atoms with Crippen molar-refractivity contribution in [1.82, 2.24) is 14.7 Å². The van der Waals surface area contributed by atoms with E-state index >= 15 is 0 Å². The summed E-state index contributed by atoms with van der Waals surface area (Å²) in [5, 5.41) is 0. The zero-order valence-electron chi connectivity index (χ0n) is 10.9. The molecule has 0 bridgehead atoms. The molecular formula is C11H20N4O2S. The number of amides is 2. The molecule has 6 nitrogen and oxygen atoms in total. The van der Waals surface area contributed by atoms with E-state index in [2.05, 4.69) is 0 Å². The zero-order valence-corrected chi connectivity index (χ0v) is 11.7. The lowest BCUT2D eigenvalue weighted by Gasteiger charge is -2.32. The highest BCUT2D eigenvalue weighted by Gasteiger charge is 2.23. The van der Waals surface area contributed by atoms with Gasteiger partial charge < -0.3 is 15.5 Å². The number of nitrogens with two attached hydrogens (primary N) is 1. The molecule has 102 valence electrons. The summed E-state index contributed by atoms with van der Waals surface area (Å²) in [5.74, 6) is 0.0449. The minimum absolute atomic E-state index is 0.0106. The average molecular weight is 272 g/mol. The number of rotatable bonds is 5. The number of likely N-dealkylation sites (N-methyl/N-ethyl adjacent to an activating group) is 2. The molecule has 1 aliphatic heterocycles. The number of nitrogens with zero attached hydrogens (tertiary/aromatic N) is 3. The lowest BCUT2D eigenvalue weighted by Crippen LogP contribution is -2.51. The molecule has 0 atom stereocenters. The van der Waals surface area contributed by atoms with E-state index in [1.807, 2.05) is 4.90 Å². The van der Waals surface area contributed by atoms with Crippen molar-refractivity contribution in [2.24, 2.45) is 5.73 Å². The monoisotopic (exact) mass is 272 g/mol. The van der Waals surface area contributed by atoms with Crippen LogP contribution in [0.1, 0.15) is 6.42 Å². The van der Waals surface area contributed by atoms with Gasteiger partial charge in [0.05, 0.1) is 18.1 Å². The molecule has 1 rings (SSSR count). The van der Waals surface area contributed by atoms with E-state index in [1.54, 1.807) is 23.9 Å². The van der Waals surface area contributed by atoms with Crippen LogP contribution in [0, 0.1) is 0 Å². The number of hydrogen-bond donors (Lipinski definition) is 1. The van der Waals surface area contributed by atoms with Crippen LogP contribution in [0.2, 0.25) is 0 Å². The van der Waals surface area contributed by atoms with Crippen LogP contribution in [-0.2, 0) is 9.59 Å². The van der Waals surface area contributed by atoms with Gasteiger partial charge in [0.15, 0.2) is 0 Å². The van der Waals surface area contributed by atoms with E-state index < -0.39 is 0 Å². The Bertz CT molecular complexity index is 348. The zero-order chi connectivity index (χ0) is 13.7. The predicted octanol–water partition coefficient (Wildman–Crippen LogP) is -1.10. The van der Waals surface area contributed by atoms with Crippen LogP contribution in [0.4, 0.5) is 0 Å². The smallest absolute Gasteiger partial charge is 0.236 e. The first-order valence-electron chi connectivity index (χ1n) is 5.88. The Morgan fingerprint density at radius 2 is 2.17 bits per heavy atom. The third-order valence-corrected chi connectivity index (χ3v) is 3.22. The summed E-state index contributed by atoms with van der Waals surface area (Å²) >= 11 is 4.77. The van der Waals surface area contributed by atoms with E-state index in [0.717, 1.165) is 6.54 Å². The van der Waals surface area contributed by atoms with Gasteiger partial charge in [0, 0.05) is 40.2 Å². The molecule has 1 saturated heterocycles. The molecule has 0 saturated carbocycles. The van der Waals surface area contributed by atoms with Crippen molar-refractivity contribution in [3.63, 3.8) is 0 Å².